The fourth-order valence-electron chi connectivity index (χ4n) is 3.02. The zero-order valence-electron chi connectivity index (χ0n) is 13.4. The van der Waals surface area contributed by atoms with Crippen LogP contribution in [-0.4, -0.2) is 24.6 Å². The van der Waals surface area contributed by atoms with E-state index in [0.29, 0.717) is 6.04 Å². The predicted molar refractivity (Wildman–Crippen MR) is 92.1 cm³/mol. The van der Waals surface area contributed by atoms with Gasteiger partial charge < -0.3 is 4.90 Å². The second-order valence-corrected chi connectivity index (χ2v) is 5.57. The molecule has 116 valence electrons. The first-order valence-electron chi connectivity index (χ1n) is 8.11. The molecule has 0 amide bonds. The zero-order valence-corrected chi connectivity index (χ0v) is 13.4. The Labute approximate surface area is 132 Å². The molecule has 0 aliphatic carbocycles. The van der Waals surface area contributed by atoms with Crippen molar-refractivity contribution in [1.29, 1.82) is 0 Å². The molecule has 0 spiro atoms. The van der Waals surface area contributed by atoms with E-state index in [4.69, 9.17) is 0 Å². The number of benzene rings is 1. The van der Waals surface area contributed by atoms with Gasteiger partial charge in [-0.1, -0.05) is 18.2 Å². The molecule has 0 saturated carbocycles. The van der Waals surface area contributed by atoms with Crippen molar-refractivity contribution in [2.45, 2.75) is 26.3 Å². The molecule has 1 N–H and O–H groups in total. The summed E-state index contributed by atoms with van der Waals surface area (Å²) in [5.74, 6) is 0.991. The van der Waals surface area contributed by atoms with Gasteiger partial charge in [0.1, 0.15) is 5.82 Å². The highest BCUT2D eigenvalue weighted by atomic mass is 15.6. The number of hydrazine groups is 1. The molecule has 1 aliphatic rings. The average Bonchev–Trinajstić information content (AvgIpc) is 3.07. The van der Waals surface area contributed by atoms with Crippen molar-refractivity contribution < 1.29 is 0 Å². The monoisotopic (exact) mass is 296 g/mol. The van der Waals surface area contributed by atoms with Gasteiger partial charge in [-0.15, -0.1) is 0 Å². The van der Waals surface area contributed by atoms with Crippen LogP contribution in [-0.2, 0) is 0 Å². The van der Waals surface area contributed by atoms with Crippen molar-refractivity contribution in [2.75, 3.05) is 29.5 Å². The van der Waals surface area contributed by atoms with Gasteiger partial charge in [0, 0.05) is 31.5 Å². The van der Waals surface area contributed by atoms with E-state index in [1.165, 1.54) is 11.3 Å². The summed E-state index contributed by atoms with van der Waals surface area (Å²) >= 11 is 0. The standard InChI is InChI=1S/C18H24N4/c1-3-21(4-2)16-10-8-15(9-11-16)17-12-14-22(20-17)18-7-5-6-13-19-18/h5-11,13,17,20H,3-4,12,14H2,1-2H3. The summed E-state index contributed by atoms with van der Waals surface area (Å²) in [6, 6.07) is 15.3. The van der Waals surface area contributed by atoms with Crippen molar-refractivity contribution in [1.82, 2.24) is 10.4 Å². The summed E-state index contributed by atoms with van der Waals surface area (Å²) in [6.45, 7) is 7.47. The number of nitrogens with one attached hydrogen (secondary N) is 1. The Hall–Kier alpha value is -2.07. The third kappa shape index (κ3) is 3.07. The van der Waals surface area contributed by atoms with Crippen molar-refractivity contribution >= 4 is 11.5 Å². The Kier molecular flexibility index (Phi) is 4.59. The van der Waals surface area contributed by atoms with E-state index in [1.807, 2.05) is 24.4 Å². The Morgan fingerprint density at radius 3 is 2.55 bits per heavy atom. The summed E-state index contributed by atoms with van der Waals surface area (Å²) in [4.78, 5) is 6.77. The van der Waals surface area contributed by atoms with E-state index in [1.54, 1.807) is 0 Å². The minimum absolute atomic E-state index is 0.368. The van der Waals surface area contributed by atoms with Gasteiger partial charge >= 0.3 is 0 Å². The minimum atomic E-state index is 0.368. The van der Waals surface area contributed by atoms with E-state index < -0.39 is 0 Å². The highest BCUT2D eigenvalue weighted by Gasteiger charge is 2.23. The maximum absolute atomic E-state index is 4.41. The topological polar surface area (TPSA) is 31.4 Å². The van der Waals surface area contributed by atoms with Crippen LogP contribution < -0.4 is 15.3 Å². The lowest BCUT2D eigenvalue weighted by Gasteiger charge is -2.22. The van der Waals surface area contributed by atoms with Crippen LogP contribution >= 0.6 is 0 Å². The quantitative estimate of drug-likeness (QED) is 0.916. The van der Waals surface area contributed by atoms with Gasteiger partial charge in [0.05, 0.1) is 6.04 Å². The molecular formula is C18H24N4. The SMILES string of the molecule is CCN(CC)c1ccc(C2CCN(c3ccccn3)N2)cc1. The van der Waals surface area contributed by atoms with Crippen LogP contribution in [0.25, 0.3) is 0 Å². The van der Waals surface area contributed by atoms with Crippen LogP contribution in [0.3, 0.4) is 0 Å². The van der Waals surface area contributed by atoms with Gasteiger partial charge in [-0.25, -0.2) is 10.4 Å². The van der Waals surface area contributed by atoms with Crippen LogP contribution in [0.1, 0.15) is 31.9 Å². The van der Waals surface area contributed by atoms with Crippen molar-refractivity contribution in [3.8, 4) is 0 Å². The van der Waals surface area contributed by atoms with Gasteiger partial charge in [0.15, 0.2) is 0 Å². The first-order chi connectivity index (χ1) is 10.8. The molecule has 2 heterocycles. The third-order valence-electron chi connectivity index (χ3n) is 4.30. The summed E-state index contributed by atoms with van der Waals surface area (Å²) < 4.78 is 0. The van der Waals surface area contributed by atoms with Crippen molar-refractivity contribution in [2.24, 2.45) is 0 Å². The molecule has 4 nitrogen and oxygen atoms in total. The fourth-order valence-corrected chi connectivity index (χ4v) is 3.02. The summed E-state index contributed by atoms with van der Waals surface area (Å²) in [5.41, 5.74) is 6.20. The van der Waals surface area contributed by atoms with Gasteiger partial charge in [-0.2, -0.15) is 0 Å². The minimum Gasteiger partial charge on any atom is -0.372 e. The molecule has 2 aromatic rings. The number of pyridine rings is 1. The molecule has 1 aromatic carbocycles. The van der Waals surface area contributed by atoms with Crippen LogP contribution in [0.4, 0.5) is 11.5 Å². The van der Waals surface area contributed by atoms with Crippen molar-refractivity contribution in [3.63, 3.8) is 0 Å². The number of anilines is 2. The second kappa shape index (κ2) is 6.79. The molecule has 3 rings (SSSR count). The largest absolute Gasteiger partial charge is 0.372 e. The van der Waals surface area contributed by atoms with E-state index >= 15 is 0 Å². The molecule has 0 bridgehead atoms. The number of rotatable bonds is 5. The Balaban J connectivity index is 1.68. The first-order valence-corrected chi connectivity index (χ1v) is 8.11. The molecule has 1 aromatic heterocycles. The van der Waals surface area contributed by atoms with Crippen LogP contribution in [0.5, 0.6) is 0 Å². The van der Waals surface area contributed by atoms with Crippen LogP contribution in [0.15, 0.2) is 48.7 Å². The molecule has 1 unspecified atom stereocenters. The lowest BCUT2D eigenvalue weighted by molar-refractivity contribution is 0.623. The van der Waals surface area contributed by atoms with Crippen LogP contribution in [0, 0.1) is 0 Å². The van der Waals surface area contributed by atoms with E-state index in [-0.39, 0.29) is 0 Å². The number of hydrogen-bond donors (Lipinski definition) is 1. The normalized spacial score (nSPS) is 17.7. The van der Waals surface area contributed by atoms with E-state index in [9.17, 15) is 0 Å². The maximum atomic E-state index is 4.41. The first kappa shape index (κ1) is 14.9. The summed E-state index contributed by atoms with van der Waals surface area (Å²) in [7, 11) is 0. The highest BCUT2D eigenvalue weighted by Crippen LogP contribution is 2.27. The molecule has 1 saturated heterocycles. The third-order valence-corrected chi connectivity index (χ3v) is 4.30. The van der Waals surface area contributed by atoms with Gasteiger partial charge in [0.25, 0.3) is 0 Å². The smallest absolute Gasteiger partial charge is 0.142 e. The highest BCUT2D eigenvalue weighted by molar-refractivity contribution is 5.48. The van der Waals surface area contributed by atoms with E-state index in [0.717, 1.165) is 31.9 Å². The molecule has 1 fully saturated rings. The lowest BCUT2D eigenvalue weighted by atomic mass is 10.1. The molecular weight excluding hydrogens is 272 g/mol. The number of aromatic nitrogens is 1. The molecule has 1 atom stereocenters. The Bertz CT molecular complexity index is 578. The molecule has 0 radical (unpaired) electrons. The number of nitrogens with zero attached hydrogens (tertiary/aromatic N) is 3. The Morgan fingerprint density at radius 1 is 1.14 bits per heavy atom. The van der Waals surface area contributed by atoms with Crippen LogP contribution in [0.2, 0.25) is 0 Å². The van der Waals surface area contributed by atoms with Gasteiger partial charge in [-0.3, -0.25) is 5.01 Å². The summed E-state index contributed by atoms with van der Waals surface area (Å²) in [6.07, 6.45) is 2.93. The molecule has 1 aliphatic heterocycles. The maximum Gasteiger partial charge on any atom is 0.142 e. The predicted octanol–water partition coefficient (Wildman–Crippen LogP) is 3.38. The van der Waals surface area contributed by atoms with Gasteiger partial charge in [0.2, 0.25) is 0 Å². The zero-order chi connectivity index (χ0) is 15.4. The van der Waals surface area contributed by atoms with E-state index in [2.05, 4.69) is 58.4 Å². The average molecular weight is 296 g/mol. The lowest BCUT2D eigenvalue weighted by Crippen LogP contribution is -2.32. The number of hydrogen-bond acceptors (Lipinski definition) is 4. The fraction of sp³-hybridized carbons (Fsp3) is 0.389. The Morgan fingerprint density at radius 2 is 1.91 bits per heavy atom. The second-order valence-electron chi connectivity index (χ2n) is 5.57. The summed E-state index contributed by atoms with van der Waals surface area (Å²) in [5, 5.41) is 2.14. The molecule has 22 heavy (non-hydrogen) atoms. The molecule has 4 heteroatoms. The van der Waals surface area contributed by atoms with Gasteiger partial charge in [-0.05, 0) is 50.1 Å². The van der Waals surface area contributed by atoms with Crippen molar-refractivity contribution in [3.05, 3.63) is 54.2 Å².